The number of nitrogens with one attached hydrogen (secondary N) is 3. The fourth-order valence-electron chi connectivity index (χ4n) is 3.41. The molecule has 0 aliphatic rings. The number of rotatable bonds is 11. The van der Waals surface area contributed by atoms with Crippen molar-refractivity contribution in [1.29, 1.82) is 0 Å². The number of para-hydroxylation sites is 3. The van der Waals surface area contributed by atoms with Crippen LogP contribution in [0.4, 0.5) is 17.1 Å². The van der Waals surface area contributed by atoms with Crippen molar-refractivity contribution in [3.05, 3.63) is 115 Å². The molecule has 0 radical (unpaired) electrons. The lowest BCUT2D eigenvalue weighted by Gasteiger charge is -2.14. The Morgan fingerprint density at radius 2 is 1.28 bits per heavy atom. The van der Waals surface area contributed by atoms with Gasteiger partial charge in [0.15, 0.2) is 0 Å². The zero-order valence-corrected chi connectivity index (χ0v) is 19.6. The summed E-state index contributed by atoms with van der Waals surface area (Å²) in [6.07, 6.45) is 0. The van der Waals surface area contributed by atoms with E-state index >= 15 is 0 Å². The lowest BCUT2D eigenvalue weighted by molar-refractivity contribution is -0.114. The number of ether oxygens (including phenoxy) is 2. The summed E-state index contributed by atoms with van der Waals surface area (Å²) in [4.78, 5) is 24.9. The molecule has 4 aromatic rings. The second kappa shape index (κ2) is 12.6. The van der Waals surface area contributed by atoms with E-state index in [0.717, 1.165) is 5.75 Å². The predicted octanol–water partition coefficient (Wildman–Crippen LogP) is 5.45. The summed E-state index contributed by atoms with van der Waals surface area (Å²) in [5, 5.41) is 8.79. The van der Waals surface area contributed by atoms with Gasteiger partial charge in [0.25, 0.3) is 5.91 Å². The topological polar surface area (TPSA) is 88.7 Å². The van der Waals surface area contributed by atoms with Crippen LogP contribution in [-0.4, -0.2) is 31.6 Å². The van der Waals surface area contributed by atoms with Crippen LogP contribution in [0.2, 0.25) is 0 Å². The quantitative estimate of drug-likeness (QED) is 0.248. The maximum absolute atomic E-state index is 12.5. The summed E-state index contributed by atoms with van der Waals surface area (Å²) >= 11 is 0. The van der Waals surface area contributed by atoms with Crippen LogP contribution in [0.1, 0.15) is 10.4 Å². The van der Waals surface area contributed by atoms with Gasteiger partial charge in [0.2, 0.25) is 5.91 Å². The van der Waals surface area contributed by atoms with Crippen molar-refractivity contribution in [2.24, 2.45) is 0 Å². The molecule has 0 atom stereocenters. The number of carbonyl (C=O) groups excluding carboxylic acids is 2. The predicted molar refractivity (Wildman–Crippen MR) is 142 cm³/mol. The van der Waals surface area contributed by atoms with Gasteiger partial charge in [0.05, 0.1) is 12.2 Å². The van der Waals surface area contributed by atoms with Crippen molar-refractivity contribution in [2.45, 2.75) is 0 Å². The molecule has 4 rings (SSSR count). The third-order valence-electron chi connectivity index (χ3n) is 5.12. The van der Waals surface area contributed by atoms with E-state index in [0.29, 0.717) is 41.6 Å². The van der Waals surface area contributed by atoms with Crippen LogP contribution in [-0.2, 0) is 4.79 Å². The molecule has 0 aromatic heterocycles. The lowest BCUT2D eigenvalue weighted by Crippen LogP contribution is -2.22. The van der Waals surface area contributed by atoms with Gasteiger partial charge in [-0.05, 0) is 54.6 Å². The third kappa shape index (κ3) is 7.36. The van der Waals surface area contributed by atoms with Crippen LogP contribution >= 0.6 is 0 Å². The average Bonchev–Trinajstić information content (AvgIpc) is 2.92. The number of carbonyl (C=O) groups is 2. The number of hydrogen-bond donors (Lipinski definition) is 3. The molecule has 0 bridgehead atoms. The zero-order valence-electron chi connectivity index (χ0n) is 19.6. The Labute approximate surface area is 210 Å². The summed E-state index contributed by atoms with van der Waals surface area (Å²) in [7, 11) is 0. The van der Waals surface area contributed by atoms with Gasteiger partial charge < -0.3 is 25.4 Å². The van der Waals surface area contributed by atoms with Crippen LogP contribution in [0.3, 0.4) is 0 Å². The van der Waals surface area contributed by atoms with E-state index in [1.54, 1.807) is 48.5 Å². The number of hydrogen-bond acceptors (Lipinski definition) is 5. The normalized spacial score (nSPS) is 10.2. The monoisotopic (exact) mass is 481 g/mol. The summed E-state index contributed by atoms with van der Waals surface area (Å²) in [6, 6.07) is 32.9. The molecule has 2 amide bonds. The van der Waals surface area contributed by atoms with Gasteiger partial charge in [-0.2, -0.15) is 0 Å². The lowest BCUT2D eigenvalue weighted by atomic mass is 10.2. The van der Waals surface area contributed by atoms with Crippen LogP contribution < -0.4 is 25.4 Å². The first-order valence-electron chi connectivity index (χ1n) is 11.6. The first-order valence-corrected chi connectivity index (χ1v) is 11.6. The molecule has 182 valence electrons. The van der Waals surface area contributed by atoms with Crippen molar-refractivity contribution < 1.29 is 19.1 Å². The maximum atomic E-state index is 12.5. The van der Waals surface area contributed by atoms with Crippen molar-refractivity contribution in [3.63, 3.8) is 0 Å². The van der Waals surface area contributed by atoms with Crippen LogP contribution in [0.25, 0.3) is 0 Å². The smallest absolute Gasteiger partial charge is 0.255 e. The standard InChI is InChI=1S/C29H27N3O4/c33-28(31-23-12-9-13-24(20-23)32-29(34)22-10-3-1-4-11-22)21-30-26-16-7-8-17-27(26)36-19-18-35-25-14-5-2-6-15-25/h1-17,20,30H,18-19,21H2,(H,31,33)(H,32,34). The van der Waals surface area contributed by atoms with Gasteiger partial charge in [-0.15, -0.1) is 0 Å². The summed E-state index contributed by atoms with van der Waals surface area (Å²) in [5.41, 5.74) is 2.43. The summed E-state index contributed by atoms with van der Waals surface area (Å²) < 4.78 is 11.5. The van der Waals surface area contributed by atoms with E-state index in [1.807, 2.05) is 60.7 Å². The highest BCUT2D eigenvalue weighted by Gasteiger charge is 2.09. The van der Waals surface area contributed by atoms with Crippen LogP contribution in [0, 0.1) is 0 Å². The van der Waals surface area contributed by atoms with Gasteiger partial charge in [0, 0.05) is 16.9 Å². The van der Waals surface area contributed by atoms with Crippen LogP contribution in [0.5, 0.6) is 11.5 Å². The Morgan fingerprint density at radius 1 is 0.639 bits per heavy atom. The molecule has 7 nitrogen and oxygen atoms in total. The number of anilines is 3. The van der Waals surface area contributed by atoms with Crippen LogP contribution in [0.15, 0.2) is 109 Å². The van der Waals surface area contributed by atoms with E-state index in [-0.39, 0.29) is 18.4 Å². The Bertz CT molecular complexity index is 1280. The molecule has 0 aliphatic carbocycles. The molecule has 0 aliphatic heterocycles. The Morgan fingerprint density at radius 3 is 2.06 bits per heavy atom. The zero-order chi connectivity index (χ0) is 25.0. The van der Waals surface area contributed by atoms with Crippen molar-refractivity contribution in [3.8, 4) is 11.5 Å². The number of amides is 2. The highest BCUT2D eigenvalue weighted by molar-refractivity contribution is 6.04. The minimum atomic E-state index is -0.233. The van der Waals surface area contributed by atoms with Gasteiger partial charge in [-0.1, -0.05) is 54.6 Å². The molecule has 3 N–H and O–H groups in total. The Kier molecular flexibility index (Phi) is 8.53. The average molecular weight is 482 g/mol. The molecule has 0 fully saturated rings. The van der Waals surface area contributed by atoms with Crippen molar-refractivity contribution in [2.75, 3.05) is 35.7 Å². The first kappa shape index (κ1) is 24.3. The molecule has 4 aromatic carbocycles. The molecule has 36 heavy (non-hydrogen) atoms. The van der Waals surface area contributed by atoms with Gasteiger partial charge in [-0.3, -0.25) is 9.59 Å². The molecule has 0 heterocycles. The maximum Gasteiger partial charge on any atom is 0.255 e. The Hall–Kier alpha value is -4.78. The molecule has 0 unspecified atom stereocenters. The van der Waals surface area contributed by atoms with E-state index in [4.69, 9.17) is 9.47 Å². The number of benzene rings is 4. The SMILES string of the molecule is O=C(CNc1ccccc1OCCOc1ccccc1)Nc1cccc(NC(=O)c2ccccc2)c1. The Balaban J connectivity index is 1.26. The molecule has 0 saturated heterocycles. The fraction of sp³-hybridized carbons (Fsp3) is 0.103. The minimum Gasteiger partial charge on any atom is -0.490 e. The molecular formula is C29H27N3O4. The molecule has 0 spiro atoms. The molecule has 0 saturated carbocycles. The third-order valence-corrected chi connectivity index (χ3v) is 5.12. The molecule has 7 heteroatoms. The van der Waals surface area contributed by atoms with Gasteiger partial charge in [-0.25, -0.2) is 0 Å². The molecular weight excluding hydrogens is 454 g/mol. The fourth-order valence-corrected chi connectivity index (χ4v) is 3.41. The van der Waals surface area contributed by atoms with Crippen molar-refractivity contribution in [1.82, 2.24) is 0 Å². The second-order valence-corrected chi connectivity index (χ2v) is 7.81. The van der Waals surface area contributed by atoms with Gasteiger partial charge in [0.1, 0.15) is 24.7 Å². The highest BCUT2D eigenvalue weighted by atomic mass is 16.5. The van der Waals surface area contributed by atoms with E-state index in [9.17, 15) is 9.59 Å². The second-order valence-electron chi connectivity index (χ2n) is 7.81. The summed E-state index contributed by atoms with van der Waals surface area (Å²) in [5.74, 6) is 0.968. The van der Waals surface area contributed by atoms with E-state index in [1.165, 1.54) is 0 Å². The van der Waals surface area contributed by atoms with E-state index < -0.39 is 0 Å². The summed E-state index contributed by atoms with van der Waals surface area (Å²) in [6.45, 7) is 0.804. The largest absolute Gasteiger partial charge is 0.490 e. The van der Waals surface area contributed by atoms with Crippen molar-refractivity contribution >= 4 is 28.9 Å². The highest BCUT2D eigenvalue weighted by Crippen LogP contribution is 2.24. The first-order chi connectivity index (χ1) is 17.7. The minimum absolute atomic E-state index is 0.0431. The van der Waals surface area contributed by atoms with E-state index in [2.05, 4.69) is 16.0 Å². The van der Waals surface area contributed by atoms with Gasteiger partial charge >= 0.3 is 0 Å².